The van der Waals surface area contributed by atoms with E-state index in [2.05, 4.69) is 0 Å². The summed E-state index contributed by atoms with van der Waals surface area (Å²) in [6, 6.07) is 0. The molecule has 2 N–H and O–H groups in total. The van der Waals surface area contributed by atoms with Gasteiger partial charge in [-0.2, -0.15) is 0 Å². The monoisotopic (exact) mass is 280 g/mol. The van der Waals surface area contributed by atoms with E-state index in [1.165, 1.54) is 0 Å². The zero-order chi connectivity index (χ0) is 15.6. The SMILES string of the molecule is CC(C)CC1(C(=O)O)C=CC=CC1(CC(C)C)C(=O)O. The van der Waals surface area contributed by atoms with E-state index >= 15 is 0 Å². The number of rotatable bonds is 6. The normalized spacial score (nSPS) is 29.1. The van der Waals surface area contributed by atoms with Crippen molar-refractivity contribution in [1.29, 1.82) is 0 Å². The predicted octanol–water partition coefficient (Wildman–Crippen LogP) is 3.35. The van der Waals surface area contributed by atoms with Crippen LogP contribution in [-0.4, -0.2) is 22.2 Å². The van der Waals surface area contributed by atoms with Gasteiger partial charge in [-0.15, -0.1) is 0 Å². The number of carbonyl (C=O) groups is 2. The summed E-state index contributed by atoms with van der Waals surface area (Å²) in [5.74, 6) is -1.94. The standard InChI is InChI=1S/C16H24O4/c1-11(2)9-15(13(17)18)7-5-6-8-16(15,14(19)20)10-12(3)4/h5-8,11-12H,9-10H2,1-4H3,(H,17,18)(H,19,20). The Morgan fingerprint density at radius 3 is 1.35 bits per heavy atom. The summed E-state index contributed by atoms with van der Waals surface area (Å²) >= 11 is 0. The number of carboxylic acid groups (broad SMARTS) is 2. The van der Waals surface area contributed by atoms with Gasteiger partial charge in [-0.1, -0.05) is 52.0 Å². The summed E-state index contributed by atoms with van der Waals surface area (Å²) in [4.78, 5) is 23.9. The number of hydrogen-bond acceptors (Lipinski definition) is 2. The largest absolute Gasteiger partial charge is 0.481 e. The van der Waals surface area contributed by atoms with Gasteiger partial charge in [0.05, 0.1) is 0 Å². The maximum Gasteiger partial charge on any atom is 0.315 e. The zero-order valence-corrected chi connectivity index (χ0v) is 12.6. The topological polar surface area (TPSA) is 74.6 Å². The predicted molar refractivity (Wildman–Crippen MR) is 77.3 cm³/mol. The fourth-order valence-electron chi connectivity index (χ4n) is 3.22. The molecule has 0 saturated heterocycles. The van der Waals surface area contributed by atoms with Gasteiger partial charge in [0.25, 0.3) is 0 Å². The van der Waals surface area contributed by atoms with Crippen molar-refractivity contribution >= 4 is 11.9 Å². The molecule has 1 rings (SSSR count). The summed E-state index contributed by atoms with van der Waals surface area (Å²) in [5, 5.41) is 19.6. The lowest BCUT2D eigenvalue weighted by atomic mass is 9.55. The molecule has 0 aromatic heterocycles. The Bertz CT molecular complexity index is 405. The average molecular weight is 280 g/mol. The van der Waals surface area contributed by atoms with Crippen molar-refractivity contribution in [3.63, 3.8) is 0 Å². The first kappa shape index (κ1) is 16.5. The van der Waals surface area contributed by atoms with E-state index in [4.69, 9.17) is 0 Å². The van der Waals surface area contributed by atoms with Gasteiger partial charge in [0.15, 0.2) is 0 Å². The second-order valence-corrected chi connectivity index (χ2v) is 6.47. The van der Waals surface area contributed by atoms with Gasteiger partial charge in [0.1, 0.15) is 10.8 Å². The summed E-state index contributed by atoms with van der Waals surface area (Å²) in [5.41, 5.74) is -2.77. The summed E-state index contributed by atoms with van der Waals surface area (Å²) < 4.78 is 0. The van der Waals surface area contributed by atoms with Gasteiger partial charge in [-0.3, -0.25) is 9.59 Å². The zero-order valence-electron chi connectivity index (χ0n) is 12.6. The Morgan fingerprint density at radius 2 is 1.15 bits per heavy atom. The molecule has 0 saturated carbocycles. The molecule has 20 heavy (non-hydrogen) atoms. The minimum atomic E-state index is -1.38. The van der Waals surface area contributed by atoms with E-state index < -0.39 is 22.8 Å². The van der Waals surface area contributed by atoms with Gasteiger partial charge >= 0.3 is 11.9 Å². The molecule has 0 aromatic rings. The summed E-state index contributed by atoms with van der Waals surface area (Å²) in [7, 11) is 0. The van der Waals surface area contributed by atoms with Gasteiger partial charge < -0.3 is 10.2 Å². The minimum Gasteiger partial charge on any atom is -0.481 e. The Balaban J connectivity index is 3.49. The van der Waals surface area contributed by atoms with Gasteiger partial charge in [-0.05, 0) is 24.7 Å². The molecule has 1 aliphatic carbocycles. The maximum absolute atomic E-state index is 12.0. The molecule has 0 aliphatic heterocycles. The van der Waals surface area contributed by atoms with Gasteiger partial charge in [-0.25, -0.2) is 0 Å². The molecule has 0 bridgehead atoms. The molecule has 1 aliphatic rings. The third kappa shape index (κ3) is 2.65. The van der Waals surface area contributed by atoms with Crippen molar-refractivity contribution in [1.82, 2.24) is 0 Å². The third-order valence-corrected chi connectivity index (χ3v) is 3.89. The molecule has 0 aromatic carbocycles. The van der Waals surface area contributed by atoms with Crippen molar-refractivity contribution < 1.29 is 19.8 Å². The van der Waals surface area contributed by atoms with Crippen LogP contribution in [0.3, 0.4) is 0 Å². The highest BCUT2D eigenvalue weighted by Crippen LogP contribution is 2.52. The van der Waals surface area contributed by atoms with Crippen LogP contribution in [0.1, 0.15) is 40.5 Å². The molecule has 0 fully saturated rings. The molecule has 0 heterocycles. The second-order valence-electron chi connectivity index (χ2n) is 6.47. The van der Waals surface area contributed by atoms with Gasteiger partial charge in [0.2, 0.25) is 0 Å². The molecule has 4 heteroatoms. The lowest BCUT2D eigenvalue weighted by Gasteiger charge is -2.44. The van der Waals surface area contributed by atoms with Crippen LogP contribution in [0.2, 0.25) is 0 Å². The number of hydrogen-bond donors (Lipinski definition) is 2. The van der Waals surface area contributed by atoms with Gasteiger partial charge in [0, 0.05) is 0 Å². The lowest BCUT2D eigenvalue weighted by molar-refractivity contribution is -0.168. The highest BCUT2D eigenvalue weighted by atomic mass is 16.4. The van der Waals surface area contributed by atoms with Crippen molar-refractivity contribution in [2.75, 3.05) is 0 Å². The quantitative estimate of drug-likeness (QED) is 0.782. The van der Waals surface area contributed by atoms with E-state index in [0.717, 1.165) is 0 Å². The first-order valence-corrected chi connectivity index (χ1v) is 7.02. The van der Waals surface area contributed by atoms with Crippen LogP contribution in [-0.2, 0) is 9.59 Å². The Labute approximate surface area is 120 Å². The summed E-state index contributed by atoms with van der Waals surface area (Å²) in [6.45, 7) is 7.66. The van der Waals surface area contributed by atoms with E-state index in [-0.39, 0.29) is 11.8 Å². The van der Waals surface area contributed by atoms with Crippen molar-refractivity contribution in [2.24, 2.45) is 22.7 Å². The van der Waals surface area contributed by atoms with Crippen LogP contribution in [0, 0.1) is 22.7 Å². The first-order chi connectivity index (χ1) is 9.18. The van der Waals surface area contributed by atoms with Crippen molar-refractivity contribution in [3.05, 3.63) is 24.3 Å². The Hall–Kier alpha value is -1.58. The van der Waals surface area contributed by atoms with Crippen LogP contribution in [0.4, 0.5) is 0 Å². The molecular weight excluding hydrogens is 256 g/mol. The highest BCUT2D eigenvalue weighted by molar-refractivity contribution is 5.90. The number of allylic oxidation sites excluding steroid dienone is 2. The van der Waals surface area contributed by atoms with Crippen LogP contribution < -0.4 is 0 Å². The van der Waals surface area contributed by atoms with E-state index in [1.807, 2.05) is 27.7 Å². The molecule has 0 radical (unpaired) electrons. The van der Waals surface area contributed by atoms with E-state index in [0.29, 0.717) is 12.8 Å². The third-order valence-electron chi connectivity index (χ3n) is 3.89. The maximum atomic E-state index is 12.0. The fraction of sp³-hybridized carbons (Fsp3) is 0.625. The first-order valence-electron chi connectivity index (χ1n) is 7.02. The van der Waals surface area contributed by atoms with Crippen LogP contribution in [0.5, 0.6) is 0 Å². The van der Waals surface area contributed by atoms with Crippen molar-refractivity contribution in [2.45, 2.75) is 40.5 Å². The van der Waals surface area contributed by atoms with Crippen LogP contribution in [0.25, 0.3) is 0 Å². The van der Waals surface area contributed by atoms with Crippen LogP contribution in [0.15, 0.2) is 24.3 Å². The lowest BCUT2D eigenvalue weighted by Crippen LogP contribution is -2.52. The fourth-order valence-corrected chi connectivity index (χ4v) is 3.22. The number of aliphatic carboxylic acids is 2. The Kier molecular flexibility index (Phi) is 4.79. The molecule has 0 amide bonds. The number of carboxylic acids is 2. The minimum absolute atomic E-state index is 0.0909. The molecular formula is C16H24O4. The van der Waals surface area contributed by atoms with Crippen LogP contribution >= 0.6 is 0 Å². The molecule has 112 valence electrons. The molecule has 2 unspecified atom stereocenters. The average Bonchev–Trinajstić information content (AvgIpc) is 2.29. The summed E-state index contributed by atoms with van der Waals surface area (Å²) in [6.07, 6.45) is 7.04. The van der Waals surface area contributed by atoms with Crippen molar-refractivity contribution in [3.8, 4) is 0 Å². The van der Waals surface area contributed by atoms with E-state index in [1.54, 1.807) is 24.3 Å². The molecule has 4 nitrogen and oxygen atoms in total. The second kappa shape index (κ2) is 5.81. The highest BCUT2D eigenvalue weighted by Gasteiger charge is 2.59. The molecule has 0 spiro atoms. The van der Waals surface area contributed by atoms with E-state index in [9.17, 15) is 19.8 Å². The smallest absolute Gasteiger partial charge is 0.315 e. The molecule has 2 atom stereocenters. The Morgan fingerprint density at radius 1 is 0.850 bits per heavy atom.